The molecule has 4 nitrogen and oxygen atoms in total. The molecule has 4 aromatic rings. The van der Waals surface area contributed by atoms with Crippen LogP contribution in [0, 0.1) is 5.82 Å². The van der Waals surface area contributed by atoms with Crippen LogP contribution in [-0.4, -0.2) is 9.78 Å². The van der Waals surface area contributed by atoms with Gasteiger partial charge in [-0.3, -0.25) is 10.00 Å². The molecule has 0 saturated heterocycles. The van der Waals surface area contributed by atoms with Crippen LogP contribution in [0.5, 0.6) is 11.5 Å². The van der Waals surface area contributed by atoms with Gasteiger partial charge in [0.25, 0.3) is 0 Å². The number of nitrogens with zero attached hydrogens (tertiary/aromatic N) is 2. The Kier molecular flexibility index (Phi) is 6.97. The molecular formula is C27H28FN3O. The lowest BCUT2D eigenvalue weighted by Crippen LogP contribution is -2.28. The molecule has 164 valence electrons. The standard InChI is InChI=1S/C27H28FN3O/c1-3-7-25(20-12-16-24(17-13-20)32-23-8-5-4-6-9-23)29-27(26-18-19-31(2)30-26)21-10-14-22(28)15-11-21/h4-6,8-19,25,27,29H,3,7H2,1-2H3. The third-order valence-electron chi connectivity index (χ3n) is 5.44. The first-order valence-corrected chi connectivity index (χ1v) is 11.0. The quantitative estimate of drug-likeness (QED) is 0.327. The molecule has 1 heterocycles. The first-order chi connectivity index (χ1) is 15.6. The number of benzene rings is 3. The van der Waals surface area contributed by atoms with Crippen LogP contribution in [0.1, 0.15) is 48.7 Å². The van der Waals surface area contributed by atoms with Crippen LogP contribution in [-0.2, 0) is 7.05 Å². The van der Waals surface area contributed by atoms with E-state index in [-0.39, 0.29) is 17.9 Å². The molecule has 1 N–H and O–H groups in total. The fourth-order valence-electron chi connectivity index (χ4n) is 3.82. The first kappa shape index (κ1) is 21.8. The zero-order valence-electron chi connectivity index (χ0n) is 18.4. The van der Waals surface area contributed by atoms with Crippen molar-refractivity contribution in [2.24, 2.45) is 7.05 Å². The maximum absolute atomic E-state index is 13.5. The van der Waals surface area contributed by atoms with E-state index in [2.05, 4.69) is 29.5 Å². The van der Waals surface area contributed by atoms with Gasteiger partial charge in [-0.25, -0.2) is 4.39 Å². The zero-order valence-corrected chi connectivity index (χ0v) is 18.4. The highest BCUT2D eigenvalue weighted by Crippen LogP contribution is 2.29. The molecule has 0 aliphatic carbocycles. The molecule has 2 unspecified atom stereocenters. The number of halogens is 1. The molecular weight excluding hydrogens is 401 g/mol. The first-order valence-electron chi connectivity index (χ1n) is 11.0. The van der Waals surface area contributed by atoms with Crippen molar-refractivity contribution in [2.75, 3.05) is 0 Å². The van der Waals surface area contributed by atoms with Crippen molar-refractivity contribution in [3.63, 3.8) is 0 Å². The fraction of sp³-hybridized carbons (Fsp3) is 0.222. The average molecular weight is 430 g/mol. The van der Waals surface area contributed by atoms with E-state index in [0.717, 1.165) is 35.6 Å². The van der Waals surface area contributed by atoms with Crippen LogP contribution in [0.4, 0.5) is 4.39 Å². The molecule has 32 heavy (non-hydrogen) atoms. The van der Waals surface area contributed by atoms with Gasteiger partial charge in [0.1, 0.15) is 17.3 Å². The SMILES string of the molecule is CCCC(NC(c1ccc(F)cc1)c1ccn(C)n1)c1ccc(Oc2ccccc2)cc1. The number of aromatic nitrogens is 2. The Morgan fingerprint density at radius 1 is 0.875 bits per heavy atom. The van der Waals surface area contributed by atoms with E-state index in [1.54, 1.807) is 4.68 Å². The minimum Gasteiger partial charge on any atom is -0.457 e. The van der Waals surface area contributed by atoms with Gasteiger partial charge in [-0.05, 0) is 60.0 Å². The lowest BCUT2D eigenvalue weighted by atomic mass is 9.97. The van der Waals surface area contributed by atoms with Gasteiger partial charge in [-0.1, -0.05) is 55.8 Å². The van der Waals surface area contributed by atoms with Gasteiger partial charge >= 0.3 is 0 Å². The lowest BCUT2D eigenvalue weighted by Gasteiger charge is -2.26. The van der Waals surface area contributed by atoms with Crippen molar-refractivity contribution in [1.82, 2.24) is 15.1 Å². The molecule has 0 radical (unpaired) electrons. The van der Waals surface area contributed by atoms with E-state index in [1.165, 1.54) is 17.7 Å². The topological polar surface area (TPSA) is 39.1 Å². The summed E-state index contributed by atoms with van der Waals surface area (Å²) >= 11 is 0. The number of aryl methyl sites for hydroxylation is 1. The molecule has 1 aromatic heterocycles. The van der Waals surface area contributed by atoms with Crippen molar-refractivity contribution in [3.05, 3.63) is 114 Å². The Morgan fingerprint density at radius 2 is 1.53 bits per heavy atom. The van der Waals surface area contributed by atoms with Gasteiger partial charge in [-0.2, -0.15) is 5.10 Å². The summed E-state index contributed by atoms with van der Waals surface area (Å²) in [5, 5.41) is 8.38. The monoisotopic (exact) mass is 429 g/mol. The Balaban J connectivity index is 1.58. The molecule has 2 atom stereocenters. The van der Waals surface area contributed by atoms with Crippen molar-refractivity contribution in [2.45, 2.75) is 31.8 Å². The summed E-state index contributed by atoms with van der Waals surface area (Å²) in [6.45, 7) is 2.18. The van der Waals surface area contributed by atoms with Gasteiger partial charge in [0.2, 0.25) is 0 Å². The van der Waals surface area contributed by atoms with Gasteiger partial charge < -0.3 is 4.74 Å². The highest BCUT2D eigenvalue weighted by Gasteiger charge is 2.22. The summed E-state index contributed by atoms with van der Waals surface area (Å²) in [6.07, 6.45) is 3.92. The maximum atomic E-state index is 13.5. The second kappa shape index (κ2) is 10.2. The number of ether oxygens (including phenoxy) is 1. The van der Waals surface area contributed by atoms with Crippen LogP contribution >= 0.6 is 0 Å². The summed E-state index contributed by atoms with van der Waals surface area (Å²) in [6, 6.07) is 26.6. The summed E-state index contributed by atoms with van der Waals surface area (Å²) in [5.41, 5.74) is 3.06. The normalized spacial score (nSPS) is 13.0. The number of nitrogens with one attached hydrogen (secondary N) is 1. The summed E-state index contributed by atoms with van der Waals surface area (Å²) < 4.78 is 21.3. The van der Waals surface area contributed by atoms with Crippen LogP contribution in [0.15, 0.2) is 91.1 Å². The Labute approximate surface area is 188 Å². The Morgan fingerprint density at radius 3 is 2.16 bits per heavy atom. The van der Waals surface area contributed by atoms with E-state index in [4.69, 9.17) is 4.74 Å². The number of para-hydroxylation sites is 1. The largest absolute Gasteiger partial charge is 0.457 e. The van der Waals surface area contributed by atoms with Crippen LogP contribution < -0.4 is 10.1 Å². The number of hydrogen-bond acceptors (Lipinski definition) is 3. The zero-order chi connectivity index (χ0) is 22.3. The highest BCUT2D eigenvalue weighted by atomic mass is 19.1. The van der Waals surface area contributed by atoms with Gasteiger partial charge in [0.05, 0.1) is 11.7 Å². The van der Waals surface area contributed by atoms with E-state index in [1.807, 2.05) is 73.9 Å². The minimum atomic E-state index is -0.243. The lowest BCUT2D eigenvalue weighted by molar-refractivity contribution is 0.445. The molecule has 3 aromatic carbocycles. The molecule has 4 rings (SSSR count). The van der Waals surface area contributed by atoms with Crippen molar-refractivity contribution < 1.29 is 9.13 Å². The number of rotatable bonds is 9. The van der Waals surface area contributed by atoms with E-state index >= 15 is 0 Å². The van der Waals surface area contributed by atoms with Gasteiger partial charge in [-0.15, -0.1) is 0 Å². The van der Waals surface area contributed by atoms with Gasteiger partial charge in [0, 0.05) is 19.3 Å². The summed E-state index contributed by atoms with van der Waals surface area (Å²) in [7, 11) is 1.90. The summed E-state index contributed by atoms with van der Waals surface area (Å²) in [5.74, 6) is 1.37. The number of hydrogen-bond donors (Lipinski definition) is 1. The fourth-order valence-corrected chi connectivity index (χ4v) is 3.82. The van der Waals surface area contributed by atoms with Gasteiger partial charge in [0.15, 0.2) is 0 Å². The average Bonchev–Trinajstić information content (AvgIpc) is 3.24. The molecule has 0 amide bonds. The third kappa shape index (κ3) is 5.42. The third-order valence-corrected chi connectivity index (χ3v) is 5.44. The van der Waals surface area contributed by atoms with E-state index in [0.29, 0.717) is 0 Å². The predicted molar refractivity (Wildman–Crippen MR) is 125 cm³/mol. The van der Waals surface area contributed by atoms with E-state index in [9.17, 15) is 4.39 Å². The van der Waals surface area contributed by atoms with Crippen molar-refractivity contribution in [1.29, 1.82) is 0 Å². The molecule has 0 aliphatic rings. The van der Waals surface area contributed by atoms with Crippen LogP contribution in [0.2, 0.25) is 0 Å². The molecule has 0 bridgehead atoms. The van der Waals surface area contributed by atoms with Crippen LogP contribution in [0.25, 0.3) is 0 Å². The predicted octanol–water partition coefficient (Wildman–Crippen LogP) is 6.57. The molecule has 0 spiro atoms. The Hall–Kier alpha value is -3.44. The second-order valence-corrected chi connectivity index (χ2v) is 7.89. The molecule has 0 fully saturated rings. The summed E-state index contributed by atoms with van der Waals surface area (Å²) in [4.78, 5) is 0. The second-order valence-electron chi connectivity index (χ2n) is 7.89. The Bertz CT molecular complexity index is 1110. The highest BCUT2D eigenvalue weighted by molar-refractivity contribution is 5.35. The minimum absolute atomic E-state index is 0.114. The maximum Gasteiger partial charge on any atom is 0.127 e. The van der Waals surface area contributed by atoms with Crippen LogP contribution in [0.3, 0.4) is 0 Å². The molecule has 0 aliphatic heterocycles. The smallest absolute Gasteiger partial charge is 0.127 e. The molecule has 5 heteroatoms. The molecule has 0 saturated carbocycles. The van der Waals surface area contributed by atoms with Crippen molar-refractivity contribution in [3.8, 4) is 11.5 Å². The van der Waals surface area contributed by atoms with E-state index < -0.39 is 0 Å². The van der Waals surface area contributed by atoms with Crippen molar-refractivity contribution >= 4 is 0 Å².